The second kappa shape index (κ2) is 9.45. The molecule has 0 saturated heterocycles. The van der Waals surface area contributed by atoms with E-state index in [0.29, 0.717) is 38.9 Å². The summed E-state index contributed by atoms with van der Waals surface area (Å²) < 4.78 is 1.60. The molecule has 1 amide bonds. The number of hydrogen-bond acceptors (Lipinski definition) is 5. The van der Waals surface area contributed by atoms with Gasteiger partial charge in [-0.05, 0) is 50.6 Å². The maximum absolute atomic E-state index is 12.9. The molecule has 0 radical (unpaired) electrons. The van der Waals surface area contributed by atoms with E-state index in [2.05, 4.69) is 10.3 Å². The van der Waals surface area contributed by atoms with Crippen LogP contribution in [0.2, 0.25) is 5.02 Å². The predicted molar refractivity (Wildman–Crippen MR) is 122 cm³/mol. The Labute approximate surface area is 183 Å². The second-order valence-corrected chi connectivity index (χ2v) is 8.64. The van der Waals surface area contributed by atoms with Gasteiger partial charge >= 0.3 is 0 Å². The number of carbonyl (C=O) groups excluding carboxylic acids is 2. The summed E-state index contributed by atoms with van der Waals surface area (Å²) in [5.41, 5.74) is 1.43. The van der Waals surface area contributed by atoms with Gasteiger partial charge in [0.05, 0.1) is 16.2 Å². The highest BCUT2D eigenvalue weighted by atomic mass is 35.5. The van der Waals surface area contributed by atoms with Gasteiger partial charge in [0, 0.05) is 22.8 Å². The molecule has 0 fully saturated rings. The van der Waals surface area contributed by atoms with Crippen LogP contribution in [0, 0.1) is 0 Å². The third kappa shape index (κ3) is 4.91. The van der Waals surface area contributed by atoms with E-state index in [0.717, 1.165) is 6.42 Å². The maximum Gasteiger partial charge on any atom is 0.262 e. The van der Waals surface area contributed by atoms with Crippen molar-refractivity contribution in [3.8, 4) is 0 Å². The number of ketones is 1. The van der Waals surface area contributed by atoms with Crippen molar-refractivity contribution in [1.82, 2.24) is 9.55 Å². The first-order chi connectivity index (χ1) is 14.3. The molecule has 0 aliphatic heterocycles. The van der Waals surface area contributed by atoms with Gasteiger partial charge in [-0.3, -0.25) is 19.0 Å². The number of rotatable bonds is 7. The van der Waals surface area contributed by atoms with Crippen LogP contribution in [0.3, 0.4) is 0 Å². The summed E-state index contributed by atoms with van der Waals surface area (Å²) >= 11 is 7.27. The number of nitrogens with one attached hydrogen (secondary N) is 1. The van der Waals surface area contributed by atoms with E-state index in [9.17, 15) is 14.4 Å². The normalized spacial score (nSPS) is 12.0. The van der Waals surface area contributed by atoms with E-state index in [-0.39, 0.29) is 17.2 Å². The van der Waals surface area contributed by atoms with Crippen molar-refractivity contribution in [2.45, 2.75) is 44.1 Å². The summed E-state index contributed by atoms with van der Waals surface area (Å²) in [5.74, 6) is -0.319. The van der Waals surface area contributed by atoms with Crippen molar-refractivity contribution in [3.63, 3.8) is 0 Å². The van der Waals surface area contributed by atoms with E-state index in [1.807, 2.05) is 6.92 Å². The first kappa shape index (κ1) is 22.1. The molecule has 1 N–H and O–H groups in total. The van der Waals surface area contributed by atoms with Gasteiger partial charge in [-0.2, -0.15) is 0 Å². The molecular weight excluding hydrogens is 422 g/mol. The van der Waals surface area contributed by atoms with Gasteiger partial charge in [-0.1, -0.05) is 42.4 Å². The van der Waals surface area contributed by atoms with E-state index in [1.165, 1.54) is 18.7 Å². The zero-order valence-electron chi connectivity index (χ0n) is 16.9. The monoisotopic (exact) mass is 443 g/mol. The standard InChI is InChI=1S/C22H22ClN3O3S/c1-4-10-26-21(29)18-9-8-16(23)12-19(18)25-22(26)30-14(3)20(28)24-17-7-5-6-15(11-17)13(2)27/h5-9,11-12,14H,4,10H2,1-3H3,(H,24,28)/t14-/m0/s1. The molecule has 1 heterocycles. The number of fused-ring (bicyclic) bond motifs is 1. The van der Waals surface area contributed by atoms with Crippen LogP contribution in [0.4, 0.5) is 5.69 Å². The molecule has 3 aromatic rings. The molecule has 0 unspecified atom stereocenters. The fourth-order valence-electron chi connectivity index (χ4n) is 2.96. The molecule has 0 bridgehead atoms. The van der Waals surface area contributed by atoms with Gasteiger partial charge in [0.2, 0.25) is 5.91 Å². The van der Waals surface area contributed by atoms with Gasteiger partial charge in [-0.25, -0.2) is 4.98 Å². The molecule has 30 heavy (non-hydrogen) atoms. The van der Waals surface area contributed by atoms with Gasteiger partial charge in [-0.15, -0.1) is 0 Å². The summed E-state index contributed by atoms with van der Waals surface area (Å²) in [7, 11) is 0. The van der Waals surface area contributed by atoms with E-state index in [4.69, 9.17) is 11.6 Å². The summed E-state index contributed by atoms with van der Waals surface area (Å²) in [6.45, 7) is 5.70. The van der Waals surface area contributed by atoms with E-state index in [1.54, 1.807) is 54.0 Å². The Kier molecular flexibility index (Phi) is 6.95. The number of hydrogen-bond donors (Lipinski definition) is 1. The number of amides is 1. The summed E-state index contributed by atoms with van der Waals surface area (Å²) in [6.07, 6.45) is 0.757. The molecule has 1 atom stereocenters. The molecule has 156 valence electrons. The number of nitrogens with zero attached hydrogens (tertiary/aromatic N) is 2. The average Bonchev–Trinajstić information content (AvgIpc) is 2.70. The quantitative estimate of drug-likeness (QED) is 0.323. The molecule has 3 rings (SSSR count). The first-order valence-corrected chi connectivity index (χ1v) is 10.8. The van der Waals surface area contributed by atoms with Crippen molar-refractivity contribution >= 4 is 51.6 Å². The largest absolute Gasteiger partial charge is 0.325 e. The van der Waals surface area contributed by atoms with Gasteiger partial charge in [0.15, 0.2) is 10.9 Å². The van der Waals surface area contributed by atoms with Crippen LogP contribution in [-0.2, 0) is 11.3 Å². The van der Waals surface area contributed by atoms with Gasteiger partial charge < -0.3 is 5.32 Å². The molecular formula is C22H22ClN3O3S. The summed E-state index contributed by atoms with van der Waals surface area (Å²) in [6, 6.07) is 11.8. The minimum atomic E-state index is -0.516. The van der Waals surface area contributed by atoms with Crippen LogP contribution in [0.5, 0.6) is 0 Å². The molecule has 0 spiro atoms. The Balaban J connectivity index is 1.88. The lowest BCUT2D eigenvalue weighted by atomic mass is 10.1. The molecule has 0 saturated carbocycles. The Bertz CT molecular complexity index is 1180. The van der Waals surface area contributed by atoms with Crippen LogP contribution in [0.1, 0.15) is 37.6 Å². The SMILES string of the molecule is CCCn1c(S[C@@H](C)C(=O)Nc2cccc(C(C)=O)c2)nc2cc(Cl)ccc2c1=O. The molecule has 0 aliphatic carbocycles. The average molecular weight is 444 g/mol. The topological polar surface area (TPSA) is 81.1 Å². The van der Waals surface area contributed by atoms with Crippen molar-refractivity contribution in [2.24, 2.45) is 0 Å². The fraction of sp³-hybridized carbons (Fsp3) is 0.273. The Hall–Kier alpha value is -2.64. The highest BCUT2D eigenvalue weighted by molar-refractivity contribution is 8.00. The van der Waals surface area contributed by atoms with Crippen molar-refractivity contribution in [3.05, 3.63) is 63.4 Å². The smallest absolute Gasteiger partial charge is 0.262 e. The highest BCUT2D eigenvalue weighted by Crippen LogP contribution is 2.25. The molecule has 0 aliphatic rings. The lowest BCUT2D eigenvalue weighted by Crippen LogP contribution is -2.27. The third-order valence-electron chi connectivity index (χ3n) is 4.52. The van der Waals surface area contributed by atoms with Gasteiger partial charge in [0.1, 0.15) is 0 Å². The number of benzene rings is 2. The zero-order chi connectivity index (χ0) is 21.8. The number of halogens is 1. The van der Waals surface area contributed by atoms with Crippen LogP contribution in [0.25, 0.3) is 10.9 Å². The molecule has 2 aromatic carbocycles. The highest BCUT2D eigenvalue weighted by Gasteiger charge is 2.20. The van der Waals surface area contributed by atoms with Gasteiger partial charge in [0.25, 0.3) is 5.56 Å². The lowest BCUT2D eigenvalue weighted by molar-refractivity contribution is -0.115. The number of Topliss-reactive ketones (excluding diaryl/α,β-unsaturated/α-hetero) is 1. The zero-order valence-corrected chi connectivity index (χ0v) is 18.5. The number of thioether (sulfide) groups is 1. The van der Waals surface area contributed by atoms with Crippen molar-refractivity contribution in [2.75, 3.05) is 5.32 Å². The minimum absolute atomic E-state index is 0.0730. The van der Waals surface area contributed by atoms with E-state index >= 15 is 0 Å². The lowest BCUT2D eigenvalue weighted by Gasteiger charge is -2.16. The number of anilines is 1. The maximum atomic E-state index is 12.9. The summed E-state index contributed by atoms with van der Waals surface area (Å²) in [5, 5.41) is 3.77. The van der Waals surface area contributed by atoms with Crippen molar-refractivity contribution in [1.29, 1.82) is 0 Å². The fourth-order valence-corrected chi connectivity index (χ4v) is 4.06. The summed E-state index contributed by atoms with van der Waals surface area (Å²) in [4.78, 5) is 41.8. The van der Waals surface area contributed by atoms with Crippen LogP contribution in [0.15, 0.2) is 52.4 Å². The van der Waals surface area contributed by atoms with Crippen molar-refractivity contribution < 1.29 is 9.59 Å². The number of aromatic nitrogens is 2. The van der Waals surface area contributed by atoms with Crippen LogP contribution in [-0.4, -0.2) is 26.5 Å². The molecule has 8 heteroatoms. The predicted octanol–water partition coefficient (Wildman–Crippen LogP) is 4.78. The Morgan fingerprint density at radius 3 is 2.70 bits per heavy atom. The molecule has 1 aromatic heterocycles. The Morgan fingerprint density at radius 1 is 1.23 bits per heavy atom. The van der Waals surface area contributed by atoms with E-state index < -0.39 is 5.25 Å². The molecule has 6 nitrogen and oxygen atoms in total. The number of carbonyl (C=O) groups is 2. The van der Waals surface area contributed by atoms with Crippen LogP contribution >= 0.6 is 23.4 Å². The Morgan fingerprint density at radius 2 is 2.00 bits per heavy atom. The van der Waals surface area contributed by atoms with Crippen LogP contribution < -0.4 is 10.9 Å². The third-order valence-corrected chi connectivity index (χ3v) is 5.84. The minimum Gasteiger partial charge on any atom is -0.325 e. The second-order valence-electron chi connectivity index (χ2n) is 6.90. The first-order valence-electron chi connectivity index (χ1n) is 9.58.